The Bertz CT molecular complexity index is 358. The number of nitrogens with two attached hydrogens (primary N) is 1. The lowest BCUT2D eigenvalue weighted by Crippen LogP contribution is -2.42. The van der Waals surface area contributed by atoms with Gasteiger partial charge >= 0.3 is 6.03 Å². The fraction of sp³-hybridized carbons (Fsp3) is 0.462. The van der Waals surface area contributed by atoms with Crippen LogP contribution in [-0.2, 0) is 0 Å². The summed E-state index contributed by atoms with van der Waals surface area (Å²) in [5.74, 6) is 0.579. The minimum atomic E-state index is -0.00771. The van der Waals surface area contributed by atoms with Crippen molar-refractivity contribution >= 4 is 11.7 Å². The summed E-state index contributed by atoms with van der Waals surface area (Å²) in [5.41, 5.74) is 6.48. The molecule has 1 fully saturated rings. The van der Waals surface area contributed by atoms with Crippen molar-refractivity contribution in [2.45, 2.75) is 12.8 Å². The fourth-order valence-corrected chi connectivity index (χ4v) is 2.10. The number of benzene rings is 1. The van der Waals surface area contributed by atoms with Gasteiger partial charge in [0.2, 0.25) is 0 Å². The number of piperidine rings is 1. The zero-order valence-electron chi connectivity index (χ0n) is 9.93. The van der Waals surface area contributed by atoms with Gasteiger partial charge in [0, 0.05) is 18.8 Å². The van der Waals surface area contributed by atoms with Crippen molar-refractivity contribution in [1.82, 2.24) is 4.90 Å². The molecule has 1 aromatic rings. The first-order valence-electron chi connectivity index (χ1n) is 6.10. The Morgan fingerprint density at radius 1 is 1.29 bits per heavy atom. The number of carbonyl (C=O) groups is 1. The molecule has 1 aromatic carbocycles. The van der Waals surface area contributed by atoms with E-state index in [-0.39, 0.29) is 6.03 Å². The van der Waals surface area contributed by atoms with Gasteiger partial charge in [-0.2, -0.15) is 0 Å². The van der Waals surface area contributed by atoms with Crippen LogP contribution in [0.4, 0.5) is 10.5 Å². The van der Waals surface area contributed by atoms with E-state index in [0.717, 1.165) is 38.2 Å². The van der Waals surface area contributed by atoms with Crippen LogP contribution < -0.4 is 11.1 Å². The Balaban J connectivity index is 1.85. The molecule has 3 N–H and O–H groups in total. The second kappa shape index (κ2) is 5.68. The molecule has 0 spiro atoms. The van der Waals surface area contributed by atoms with E-state index < -0.39 is 0 Å². The van der Waals surface area contributed by atoms with E-state index in [1.165, 1.54) is 0 Å². The number of carbonyl (C=O) groups excluding carboxylic acids is 1. The van der Waals surface area contributed by atoms with E-state index >= 15 is 0 Å². The Labute approximate surface area is 102 Å². The quantitative estimate of drug-likeness (QED) is 0.819. The van der Waals surface area contributed by atoms with E-state index in [1.54, 1.807) is 0 Å². The normalized spacial score (nSPS) is 16.9. The average Bonchev–Trinajstić information content (AvgIpc) is 2.40. The topological polar surface area (TPSA) is 58.4 Å². The van der Waals surface area contributed by atoms with E-state index in [4.69, 9.17) is 5.73 Å². The number of nitrogens with one attached hydrogen (secondary N) is 1. The lowest BCUT2D eigenvalue weighted by atomic mass is 9.97. The van der Waals surface area contributed by atoms with Gasteiger partial charge in [-0.15, -0.1) is 0 Å². The van der Waals surface area contributed by atoms with Crippen LogP contribution in [0, 0.1) is 5.92 Å². The zero-order valence-corrected chi connectivity index (χ0v) is 9.93. The van der Waals surface area contributed by atoms with Crippen molar-refractivity contribution in [1.29, 1.82) is 0 Å². The van der Waals surface area contributed by atoms with Gasteiger partial charge in [-0.25, -0.2) is 4.79 Å². The van der Waals surface area contributed by atoms with Gasteiger partial charge in [0.05, 0.1) is 0 Å². The van der Waals surface area contributed by atoms with Crippen molar-refractivity contribution < 1.29 is 4.79 Å². The minimum absolute atomic E-state index is 0.00771. The molecule has 0 bridgehead atoms. The Morgan fingerprint density at radius 2 is 1.94 bits per heavy atom. The van der Waals surface area contributed by atoms with Crippen molar-refractivity contribution in [3.63, 3.8) is 0 Å². The van der Waals surface area contributed by atoms with Gasteiger partial charge in [0.15, 0.2) is 0 Å². The molecular formula is C13H19N3O. The Kier molecular flexibility index (Phi) is 3.98. The zero-order chi connectivity index (χ0) is 12.1. The monoisotopic (exact) mass is 233 g/mol. The third-order valence-corrected chi connectivity index (χ3v) is 3.26. The Morgan fingerprint density at radius 3 is 2.53 bits per heavy atom. The van der Waals surface area contributed by atoms with Crippen LogP contribution in [0.3, 0.4) is 0 Å². The molecule has 0 saturated carbocycles. The first-order chi connectivity index (χ1) is 8.29. The molecule has 0 radical (unpaired) electrons. The summed E-state index contributed by atoms with van der Waals surface area (Å²) < 4.78 is 0. The predicted molar refractivity (Wildman–Crippen MR) is 68.8 cm³/mol. The second-order valence-electron chi connectivity index (χ2n) is 4.46. The summed E-state index contributed by atoms with van der Waals surface area (Å²) in [4.78, 5) is 13.8. The van der Waals surface area contributed by atoms with Gasteiger partial charge in [-0.1, -0.05) is 18.2 Å². The first-order valence-corrected chi connectivity index (χ1v) is 6.10. The Hall–Kier alpha value is -1.55. The number of hydrogen-bond acceptors (Lipinski definition) is 2. The van der Waals surface area contributed by atoms with Crippen LogP contribution in [0.25, 0.3) is 0 Å². The summed E-state index contributed by atoms with van der Waals surface area (Å²) in [6.45, 7) is 2.34. The highest BCUT2D eigenvalue weighted by atomic mass is 16.2. The summed E-state index contributed by atoms with van der Waals surface area (Å²) >= 11 is 0. The largest absolute Gasteiger partial charge is 0.330 e. The number of nitrogens with zero attached hydrogens (tertiary/aromatic N) is 1. The van der Waals surface area contributed by atoms with E-state index in [2.05, 4.69) is 5.32 Å². The third kappa shape index (κ3) is 3.20. The van der Waals surface area contributed by atoms with Crippen LogP contribution in [-0.4, -0.2) is 30.6 Å². The molecule has 0 atom stereocenters. The van der Waals surface area contributed by atoms with E-state index in [9.17, 15) is 4.79 Å². The van der Waals surface area contributed by atoms with E-state index in [1.807, 2.05) is 35.2 Å². The lowest BCUT2D eigenvalue weighted by Gasteiger charge is -2.31. The maximum absolute atomic E-state index is 11.9. The van der Waals surface area contributed by atoms with Gasteiger partial charge < -0.3 is 16.0 Å². The molecule has 2 rings (SSSR count). The number of likely N-dealkylation sites (tertiary alicyclic amines) is 1. The van der Waals surface area contributed by atoms with Gasteiger partial charge in [0.1, 0.15) is 0 Å². The van der Waals surface area contributed by atoms with Crippen molar-refractivity contribution in [3.05, 3.63) is 30.3 Å². The van der Waals surface area contributed by atoms with Crippen LogP contribution >= 0.6 is 0 Å². The molecule has 92 valence electrons. The summed E-state index contributed by atoms with van der Waals surface area (Å²) in [6.07, 6.45) is 2.03. The van der Waals surface area contributed by atoms with Crippen molar-refractivity contribution in [2.75, 3.05) is 25.0 Å². The molecular weight excluding hydrogens is 214 g/mol. The summed E-state index contributed by atoms with van der Waals surface area (Å²) in [6, 6.07) is 9.54. The molecule has 2 amide bonds. The number of amides is 2. The van der Waals surface area contributed by atoms with Crippen LogP contribution in [0.15, 0.2) is 30.3 Å². The highest BCUT2D eigenvalue weighted by molar-refractivity contribution is 5.89. The van der Waals surface area contributed by atoms with Crippen molar-refractivity contribution in [2.24, 2.45) is 11.7 Å². The van der Waals surface area contributed by atoms with Crippen LogP contribution in [0.5, 0.6) is 0 Å². The molecule has 1 aliphatic rings. The summed E-state index contributed by atoms with van der Waals surface area (Å²) in [7, 11) is 0. The third-order valence-electron chi connectivity index (χ3n) is 3.26. The molecule has 4 heteroatoms. The molecule has 1 aliphatic heterocycles. The number of rotatable bonds is 2. The fourth-order valence-electron chi connectivity index (χ4n) is 2.10. The number of para-hydroxylation sites is 1. The highest BCUT2D eigenvalue weighted by Gasteiger charge is 2.21. The summed E-state index contributed by atoms with van der Waals surface area (Å²) in [5, 5.41) is 2.90. The van der Waals surface area contributed by atoms with Crippen molar-refractivity contribution in [3.8, 4) is 0 Å². The van der Waals surface area contributed by atoms with Gasteiger partial charge in [-0.3, -0.25) is 0 Å². The molecule has 0 aliphatic carbocycles. The number of hydrogen-bond donors (Lipinski definition) is 2. The van der Waals surface area contributed by atoms with Gasteiger partial charge in [0.25, 0.3) is 0 Å². The van der Waals surface area contributed by atoms with E-state index in [0.29, 0.717) is 5.92 Å². The lowest BCUT2D eigenvalue weighted by molar-refractivity contribution is 0.184. The molecule has 1 saturated heterocycles. The predicted octanol–water partition coefficient (Wildman–Crippen LogP) is 1.89. The standard InChI is InChI=1S/C13H19N3O/c14-10-11-6-8-16(9-7-11)13(17)15-12-4-2-1-3-5-12/h1-5,11H,6-10,14H2,(H,15,17). The first kappa shape index (κ1) is 11.9. The van der Waals surface area contributed by atoms with Crippen LogP contribution in [0.1, 0.15) is 12.8 Å². The maximum Gasteiger partial charge on any atom is 0.321 e. The number of urea groups is 1. The van der Waals surface area contributed by atoms with Gasteiger partial charge in [-0.05, 0) is 37.4 Å². The molecule has 0 unspecified atom stereocenters. The maximum atomic E-state index is 11.9. The molecule has 1 heterocycles. The number of anilines is 1. The molecule has 17 heavy (non-hydrogen) atoms. The smallest absolute Gasteiger partial charge is 0.321 e. The van der Waals surface area contributed by atoms with Crippen LogP contribution in [0.2, 0.25) is 0 Å². The second-order valence-corrected chi connectivity index (χ2v) is 4.46. The minimum Gasteiger partial charge on any atom is -0.330 e. The average molecular weight is 233 g/mol. The molecule has 0 aromatic heterocycles. The molecule has 4 nitrogen and oxygen atoms in total. The SMILES string of the molecule is NCC1CCN(C(=O)Nc2ccccc2)CC1. The highest BCUT2D eigenvalue weighted by Crippen LogP contribution is 2.16.